The average molecular weight is 973 g/mol. The molecule has 0 spiro atoms. The summed E-state index contributed by atoms with van der Waals surface area (Å²) in [5.74, 6) is -1.63. The Hall–Kier alpha value is -1.59. The molecule has 1 aliphatic carbocycles. The quantitative estimate of drug-likeness (QED) is 0.0131. The lowest BCUT2D eigenvalue weighted by Crippen LogP contribution is -2.30. The molecule has 0 radical (unpaired) electrons. The minimum atomic E-state index is -4.91. The number of carbonyl (C=O) groups is 3. The van der Waals surface area contributed by atoms with E-state index < -0.39 is 96.4 Å². The number of phosphoric ester groups is 2. The Kier molecular flexibility index (Phi) is 34.4. The molecule has 382 valence electrons. The van der Waals surface area contributed by atoms with E-state index >= 15 is 0 Å². The number of aliphatic hydroxyl groups is 4. The fourth-order valence-electron chi connectivity index (χ4n) is 7.77. The molecule has 0 aromatic carbocycles. The van der Waals surface area contributed by atoms with Gasteiger partial charge >= 0.3 is 27.6 Å². The molecule has 0 aliphatic heterocycles. The highest BCUT2D eigenvalue weighted by Crippen LogP contribution is 2.44. The maximum Gasteiger partial charge on any atom is 0.472 e. The molecule has 1 aliphatic rings. The van der Waals surface area contributed by atoms with Gasteiger partial charge in [-0.2, -0.15) is 0 Å². The number of unbranched alkanes of at least 4 members (excludes halogenated alkanes) is 16. The van der Waals surface area contributed by atoms with Crippen molar-refractivity contribution < 1.29 is 81.7 Å². The highest BCUT2D eigenvalue weighted by Gasteiger charge is 2.41. The molecule has 7 N–H and O–H groups in total. The molecule has 0 bridgehead atoms. The van der Waals surface area contributed by atoms with E-state index in [1.165, 1.54) is 64.2 Å². The van der Waals surface area contributed by atoms with Crippen LogP contribution in [0.1, 0.15) is 188 Å². The second kappa shape index (κ2) is 36.4. The van der Waals surface area contributed by atoms with Crippen LogP contribution >= 0.6 is 15.6 Å². The minimum absolute atomic E-state index is 0.0360. The second-order valence-corrected chi connectivity index (χ2v) is 20.9. The largest absolute Gasteiger partial charge is 0.472 e. The summed E-state index contributed by atoms with van der Waals surface area (Å²) in [6, 6.07) is 0. The Balaban J connectivity index is 2.53. The van der Waals surface area contributed by atoms with Crippen molar-refractivity contribution in [2.75, 3.05) is 26.4 Å². The third-order valence-electron chi connectivity index (χ3n) is 11.6. The van der Waals surface area contributed by atoms with Gasteiger partial charge < -0.3 is 44.6 Å². The van der Waals surface area contributed by atoms with Gasteiger partial charge in [-0.25, -0.2) is 9.13 Å². The Morgan fingerprint density at radius 2 is 1.14 bits per heavy atom. The van der Waals surface area contributed by atoms with Crippen LogP contribution in [0.2, 0.25) is 0 Å². The van der Waals surface area contributed by atoms with E-state index in [0.29, 0.717) is 19.3 Å². The van der Waals surface area contributed by atoms with Crippen molar-refractivity contribution in [1.29, 1.82) is 0 Å². The molecule has 0 heterocycles. The standard InChI is InChI=1S/C46H86O17P2/c1-4-5-18-24-37(47)28-29-41-42(44(51)31-43(41)50)30-38(48)25-21-22-26-45(52)59-34-40(35-62-65(57,58)61-33-39(49)32-60-64(54,55)56)63-46(53)27-20-17-15-13-11-9-7-6-8-10-12-14-16-19-23-36(2)3/h28-29,36-37,39-44,47,49-51H,4-27,30-35H2,1-3H3,(H,57,58)(H2,54,55,56)/b29-28+/t37-,39-,40+,41+,42+,43+,44-/m0/s1. The Morgan fingerprint density at radius 3 is 1.72 bits per heavy atom. The van der Waals surface area contributed by atoms with Crippen LogP contribution in [0.4, 0.5) is 0 Å². The summed E-state index contributed by atoms with van der Waals surface area (Å²) in [5, 5.41) is 41.1. The lowest BCUT2D eigenvalue weighted by Gasteiger charge is -2.21. The number of hydrogen-bond acceptors (Lipinski definition) is 14. The third-order valence-corrected chi connectivity index (χ3v) is 13.0. The minimum Gasteiger partial charge on any atom is -0.462 e. The normalized spacial score (nSPS) is 20.2. The molecule has 0 amide bonds. The topological polar surface area (TPSA) is 273 Å². The third kappa shape index (κ3) is 34.4. The van der Waals surface area contributed by atoms with E-state index in [1.54, 1.807) is 12.2 Å². The van der Waals surface area contributed by atoms with E-state index in [-0.39, 0.29) is 44.3 Å². The first kappa shape index (κ1) is 61.4. The van der Waals surface area contributed by atoms with Crippen molar-refractivity contribution in [3.8, 4) is 0 Å². The van der Waals surface area contributed by atoms with Crippen molar-refractivity contribution in [3.63, 3.8) is 0 Å². The molecule has 0 aromatic heterocycles. The zero-order chi connectivity index (χ0) is 48.5. The zero-order valence-electron chi connectivity index (χ0n) is 39.6. The predicted octanol–water partition coefficient (Wildman–Crippen LogP) is 8.32. The van der Waals surface area contributed by atoms with Crippen LogP contribution in [0.5, 0.6) is 0 Å². The average Bonchev–Trinajstić information content (AvgIpc) is 3.50. The number of phosphoric acid groups is 2. The highest BCUT2D eigenvalue weighted by molar-refractivity contribution is 7.47. The fraction of sp³-hybridized carbons (Fsp3) is 0.891. The molecule has 1 rings (SSSR count). The van der Waals surface area contributed by atoms with Gasteiger partial charge in [0.25, 0.3) is 0 Å². The summed E-state index contributed by atoms with van der Waals surface area (Å²) >= 11 is 0. The molecular formula is C46H86O17P2. The SMILES string of the molecule is CCCCC[C@H](O)/C=C/[C@@H]1[C@@H](CC(=O)CCCCC(=O)OC[C@H](COP(=O)(O)OC[C@@H](O)COP(=O)(O)O)OC(=O)CCCCCCCCCCCCCCCCC(C)C)[C@@H](O)C[C@H]1O. The van der Waals surface area contributed by atoms with Gasteiger partial charge in [-0.05, 0) is 31.6 Å². The first-order chi connectivity index (χ1) is 30.8. The molecule has 1 unspecified atom stereocenters. The Labute approximate surface area is 388 Å². The first-order valence-corrected chi connectivity index (χ1v) is 27.4. The maximum atomic E-state index is 12.9. The van der Waals surface area contributed by atoms with Gasteiger partial charge in [-0.3, -0.25) is 28.0 Å². The monoisotopic (exact) mass is 973 g/mol. The number of Topliss-reactive ketones (excluding diaryl/α,β-unsaturated/α-hetero) is 1. The van der Waals surface area contributed by atoms with Crippen molar-refractivity contribution >= 4 is 33.4 Å². The lowest BCUT2D eigenvalue weighted by atomic mass is 9.87. The lowest BCUT2D eigenvalue weighted by molar-refractivity contribution is -0.161. The molecule has 17 nitrogen and oxygen atoms in total. The summed E-state index contributed by atoms with van der Waals surface area (Å²) in [7, 11) is -9.81. The number of hydrogen-bond donors (Lipinski definition) is 7. The number of ether oxygens (including phenoxy) is 2. The number of esters is 2. The van der Waals surface area contributed by atoms with Gasteiger partial charge in [0.05, 0.1) is 38.1 Å². The Bertz CT molecular complexity index is 1390. The molecule has 0 saturated heterocycles. The molecule has 1 fully saturated rings. The van der Waals surface area contributed by atoms with E-state index in [9.17, 15) is 48.8 Å². The van der Waals surface area contributed by atoms with E-state index in [2.05, 4.69) is 29.8 Å². The molecule has 8 atom stereocenters. The van der Waals surface area contributed by atoms with Gasteiger partial charge in [0, 0.05) is 43.9 Å². The van der Waals surface area contributed by atoms with Crippen LogP contribution in [-0.2, 0) is 46.6 Å². The van der Waals surface area contributed by atoms with Crippen molar-refractivity contribution in [1.82, 2.24) is 0 Å². The van der Waals surface area contributed by atoms with Gasteiger partial charge in [-0.15, -0.1) is 0 Å². The number of rotatable bonds is 42. The summed E-state index contributed by atoms with van der Waals surface area (Å²) in [6.45, 7) is 3.58. The van der Waals surface area contributed by atoms with Crippen LogP contribution in [-0.4, -0.2) is 110 Å². The first-order valence-electron chi connectivity index (χ1n) is 24.4. The summed E-state index contributed by atoms with van der Waals surface area (Å²) in [4.78, 5) is 65.9. The number of ketones is 1. The molecular weight excluding hydrogens is 886 g/mol. The highest BCUT2D eigenvalue weighted by atomic mass is 31.2. The van der Waals surface area contributed by atoms with Gasteiger partial charge in [0.2, 0.25) is 0 Å². The van der Waals surface area contributed by atoms with Gasteiger partial charge in [-0.1, -0.05) is 142 Å². The van der Waals surface area contributed by atoms with Crippen molar-refractivity contribution in [3.05, 3.63) is 12.2 Å². The van der Waals surface area contributed by atoms with Crippen LogP contribution in [0.25, 0.3) is 0 Å². The maximum absolute atomic E-state index is 12.9. The Morgan fingerprint density at radius 1 is 0.631 bits per heavy atom. The van der Waals surface area contributed by atoms with Crippen LogP contribution < -0.4 is 0 Å². The van der Waals surface area contributed by atoms with Crippen molar-refractivity contribution in [2.24, 2.45) is 17.8 Å². The summed E-state index contributed by atoms with van der Waals surface area (Å²) < 4.78 is 47.8. The van der Waals surface area contributed by atoms with Crippen LogP contribution in [0.3, 0.4) is 0 Å². The fourth-order valence-corrected chi connectivity index (χ4v) is 8.92. The zero-order valence-corrected chi connectivity index (χ0v) is 41.4. The predicted molar refractivity (Wildman–Crippen MR) is 246 cm³/mol. The molecule has 19 heteroatoms. The molecule has 0 aromatic rings. The van der Waals surface area contributed by atoms with E-state index in [0.717, 1.165) is 50.9 Å². The van der Waals surface area contributed by atoms with Crippen LogP contribution in [0.15, 0.2) is 12.2 Å². The second-order valence-electron chi connectivity index (χ2n) is 18.2. The molecule has 1 saturated carbocycles. The summed E-state index contributed by atoms with van der Waals surface area (Å²) in [6.07, 6.45) is 19.8. The molecule has 65 heavy (non-hydrogen) atoms. The number of carbonyl (C=O) groups excluding carboxylic acids is 3. The van der Waals surface area contributed by atoms with E-state index in [1.807, 2.05) is 0 Å². The summed E-state index contributed by atoms with van der Waals surface area (Å²) in [5.41, 5.74) is 0. The van der Waals surface area contributed by atoms with Gasteiger partial charge in [0.1, 0.15) is 18.5 Å². The van der Waals surface area contributed by atoms with Crippen LogP contribution in [0, 0.1) is 17.8 Å². The smallest absolute Gasteiger partial charge is 0.462 e. The van der Waals surface area contributed by atoms with Gasteiger partial charge in [0.15, 0.2) is 6.10 Å². The number of aliphatic hydroxyl groups excluding tert-OH is 4. The van der Waals surface area contributed by atoms with Crippen molar-refractivity contribution in [2.45, 2.75) is 218 Å². The van der Waals surface area contributed by atoms with E-state index in [4.69, 9.17) is 23.8 Å².